The fourth-order valence-corrected chi connectivity index (χ4v) is 7.48. The van der Waals surface area contributed by atoms with Gasteiger partial charge in [-0.3, -0.25) is 0 Å². The lowest BCUT2D eigenvalue weighted by Gasteiger charge is -2.11. The Balaban J connectivity index is 1.14. The van der Waals surface area contributed by atoms with Crippen LogP contribution in [0.2, 0.25) is 0 Å². The molecule has 0 aliphatic rings. The number of nitrogens with zero attached hydrogens (tertiary/aromatic N) is 3. The van der Waals surface area contributed by atoms with Crippen LogP contribution < -0.4 is 0 Å². The van der Waals surface area contributed by atoms with Crippen LogP contribution in [0.5, 0.6) is 0 Å². The zero-order valence-electron chi connectivity index (χ0n) is 26.6. The van der Waals surface area contributed by atoms with Gasteiger partial charge in [0.2, 0.25) is 0 Å². The molecule has 8 aromatic carbocycles. The van der Waals surface area contributed by atoms with Crippen molar-refractivity contribution in [3.05, 3.63) is 152 Å². The molecule has 0 unspecified atom stereocenters. The SMILES string of the molecule is c1ccc2c(c1)ccc1cc(-c3nc(-c4ccc5cc6c(cc5c4)oc4ccccc46)nc(-c4cccc5oc6ccccc6c45)n3)ccc12. The van der Waals surface area contributed by atoms with Crippen molar-refractivity contribution < 1.29 is 8.83 Å². The van der Waals surface area contributed by atoms with Crippen LogP contribution in [0.4, 0.5) is 0 Å². The first-order valence-electron chi connectivity index (χ1n) is 16.7. The fraction of sp³-hybridized carbons (Fsp3) is 0. The van der Waals surface area contributed by atoms with E-state index >= 15 is 0 Å². The second-order valence-corrected chi connectivity index (χ2v) is 12.8. The molecule has 0 fully saturated rings. The summed E-state index contributed by atoms with van der Waals surface area (Å²) in [5, 5.41) is 11.2. The van der Waals surface area contributed by atoms with E-state index in [0.29, 0.717) is 17.5 Å². The normalized spacial score (nSPS) is 12.0. The third-order valence-corrected chi connectivity index (χ3v) is 9.88. The smallest absolute Gasteiger partial charge is 0.164 e. The van der Waals surface area contributed by atoms with Crippen LogP contribution in [0.1, 0.15) is 0 Å². The van der Waals surface area contributed by atoms with Crippen molar-refractivity contribution in [3.8, 4) is 34.2 Å². The Morgan fingerprint density at radius 2 is 0.920 bits per heavy atom. The van der Waals surface area contributed by atoms with Crippen LogP contribution in [0.25, 0.3) is 110 Å². The van der Waals surface area contributed by atoms with E-state index in [1.807, 2.05) is 48.5 Å². The average molecular weight is 640 g/mol. The predicted molar refractivity (Wildman–Crippen MR) is 203 cm³/mol. The molecule has 0 amide bonds. The van der Waals surface area contributed by atoms with Gasteiger partial charge in [-0.1, -0.05) is 109 Å². The first-order chi connectivity index (χ1) is 24.7. The number of para-hydroxylation sites is 2. The van der Waals surface area contributed by atoms with Gasteiger partial charge < -0.3 is 8.83 Å². The van der Waals surface area contributed by atoms with Crippen LogP contribution in [0.3, 0.4) is 0 Å². The van der Waals surface area contributed by atoms with Crippen molar-refractivity contribution >= 4 is 76.2 Å². The van der Waals surface area contributed by atoms with Gasteiger partial charge in [0.15, 0.2) is 17.5 Å². The lowest BCUT2D eigenvalue weighted by Crippen LogP contribution is -2.00. The van der Waals surface area contributed by atoms with E-state index in [-0.39, 0.29) is 0 Å². The van der Waals surface area contributed by atoms with Crippen LogP contribution in [-0.4, -0.2) is 15.0 Å². The number of aromatic nitrogens is 3. The van der Waals surface area contributed by atoms with Gasteiger partial charge in [0, 0.05) is 38.2 Å². The molecule has 5 heteroatoms. The van der Waals surface area contributed by atoms with Gasteiger partial charge in [0.25, 0.3) is 0 Å². The van der Waals surface area contributed by atoms with E-state index in [1.54, 1.807) is 0 Å². The minimum Gasteiger partial charge on any atom is -0.456 e. The molecule has 50 heavy (non-hydrogen) atoms. The van der Waals surface area contributed by atoms with Gasteiger partial charge in [0.05, 0.1) is 0 Å². The van der Waals surface area contributed by atoms with Crippen molar-refractivity contribution in [1.29, 1.82) is 0 Å². The minimum atomic E-state index is 0.591. The van der Waals surface area contributed by atoms with Crippen LogP contribution >= 0.6 is 0 Å². The molecule has 0 aliphatic carbocycles. The molecular weight excluding hydrogens is 615 g/mol. The average Bonchev–Trinajstić information content (AvgIpc) is 3.74. The molecule has 0 saturated heterocycles. The highest BCUT2D eigenvalue weighted by molar-refractivity contribution is 6.13. The molecule has 0 bridgehead atoms. The summed E-state index contributed by atoms with van der Waals surface area (Å²) in [6.45, 7) is 0. The highest BCUT2D eigenvalue weighted by Crippen LogP contribution is 2.38. The van der Waals surface area contributed by atoms with Gasteiger partial charge in [-0.25, -0.2) is 15.0 Å². The molecule has 0 spiro atoms. The molecule has 0 aliphatic heterocycles. The molecule has 0 saturated carbocycles. The summed E-state index contributed by atoms with van der Waals surface area (Å²) in [7, 11) is 0. The maximum absolute atomic E-state index is 6.25. The zero-order chi connectivity index (χ0) is 32.8. The Morgan fingerprint density at radius 1 is 0.320 bits per heavy atom. The lowest BCUT2D eigenvalue weighted by molar-refractivity contribution is 0.669. The molecule has 3 aromatic heterocycles. The molecular formula is C45H25N3O2. The highest BCUT2D eigenvalue weighted by Gasteiger charge is 2.18. The van der Waals surface area contributed by atoms with Crippen LogP contribution in [-0.2, 0) is 0 Å². The topological polar surface area (TPSA) is 65.0 Å². The monoisotopic (exact) mass is 639 g/mol. The van der Waals surface area contributed by atoms with Crippen LogP contribution in [0, 0.1) is 0 Å². The van der Waals surface area contributed by atoms with E-state index in [1.165, 1.54) is 16.2 Å². The Morgan fingerprint density at radius 3 is 1.78 bits per heavy atom. The molecule has 11 rings (SSSR count). The Hall–Kier alpha value is -6.85. The third-order valence-electron chi connectivity index (χ3n) is 9.88. The van der Waals surface area contributed by atoms with Crippen molar-refractivity contribution in [1.82, 2.24) is 15.0 Å². The Bertz CT molecular complexity index is 3170. The summed E-state index contributed by atoms with van der Waals surface area (Å²) in [5.41, 5.74) is 6.08. The molecule has 0 N–H and O–H groups in total. The quantitative estimate of drug-likeness (QED) is 0.180. The number of furan rings is 2. The lowest BCUT2D eigenvalue weighted by atomic mass is 10.00. The second kappa shape index (κ2) is 10.3. The molecule has 3 heterocycles. The highest BCUT2D eigenvalue weighted by atomic mass is 16.3. The molecule has 5 nitrogen and oxygen atoms in total. The van der Waals surface area contributed by atoms with Gasteiger partial charge in [-0.15, -0.1) is 0 Å². The summed E-state index contributed by atoms with van der Waals surface area (Å²) in [6.07, 6.45) is 0. The van der Waals surface area contributed by atoms with Gasteiger partial charge in [0.1, 0.15) is 22.3 Å². The van der Waals surface area contributed by atoms with Crippen molar-refractivity contribution in [2.45, 2.75) is 0 Å². The number of fused-ring (bicyclic) bond motifs is 10. The van der Waals surface area contributed by atoms with Gasteiger partial charge >= 0.3 is 0 Å². The maximum atomic E-state index is 6.25. The summed E-state index contributed by atoms with van der Waals surface area (Å²) in [5.74, 6) is 1.80. The Labute approximate surface area is 285 Å². The Kier molecular flexibility index (Phi) is 5.60. The predicted octanol–water partition coefficient (Wildman–Crippen LogP) is 12.1. The van der Waals surface area contributed by atoms with E-state index in [2.05, 4.69) is 103 Å². The summed E-state index contributed by atoms with van der Waals surface area (Å²) < 4.78 is 12.5. The number of benzene rings is 8. The van der Waals surface area contributed by atoms with Crippen molar-refractivity contribution in [2.75, 3.05) is 0 Å². The number of hydrogen-bond acceptors (Lipinski definition) is 5. The standard InChI is InChI=1S/C45H25N3O2/c1-2-9-32-26(8-1)16-18-28-22-30(20-21-33(28)32)44-46-43(47-45(48-44)36-12-7-15-40-42(36)35-11-4-6-14-39(35)49-40)29-19-17-27-24-37-34-10-3-5-13-38(34)50-41(37)25-31(27)23-29/h1-25H. The molecule has 232 valence electrons. The summed E-state index contributed by atoms with van der Waals surface area (Å²) >= 11 is 0. The number of rotatable bonds is 3. The fourth-order valence-electron chi connectivity index (χ4n) is 7.48. The summed E-state index contributed by atoms with van der Waals surface area (Å²) in [4.78, 5) is 15.4. The van der Waals surface area contributed by atoms with E-state index in [0.717, 1.165) is 76.7 Å². The van der Waals surface area contributed by atoms with Gasteiger partial charge in [-0.05, 0) is 74.8 Å². The number of hydrogen-bond donors (Lipinski definition) is 0. The van der Waals surface area contributed by atoms with E-state index in [4.69, 9.17) is 23.8 Å². The molecule has 0 radical (unpaired) electrons. The van der Waals surface area contributed by atoms with Gasteiger partial charge in [-0.2, -0.15) is 0 Å². The maximum Gasteiger partial charge on any atom is 0.164 e. The molecule has 0 atom stereocenters. The van der Waals surface area contributed by atoms with E-state index < -0.39 is 0 Å². The second-order valence-electron chi connectivity index (χ2n) is 12.8. The largest absolute Gasteiger partial charge is 0.456 e. The third kappa shape index (κ3) is 4.10. The first kappa shape index (κ1) is 27.1. The first-order valence-corrected chi connectivity index (χ1v) is 16.7. The van der Waals surface area contributed by atoms with Crippen molar-refractivity contribution in [3.63, 3.8) is 0 Å². The minimum absolute atomic E-state index is 0.591. The zero-order valence-corrected chi connectivity index (χ0v) is 26.6. The van der Waals surface area contributed by atoms with Crippen LogP contribution in [0.15, 0.2) is 160 Å². The van der Waals surface area contributed by atoms with E-state index in [9.17, 15) is 0 Å². The summed E-state index contributed by atoms with van der Waals surface area (Å²) in [6, 6.07) is 52.3. The van der Waals surface area contributed by atoms with Crippen molar-refractivity contribution in [2.24, 2.45) is 0 Å². The molecule has 11 aromatic rings.